The van der Waals surface area contributed by atoms with Crippen LogP contribution in [0.25, 0.3) is 10.2 Å². The zero-order valence-corrected chi connectivity index (χ0v) is 13.2. The number of aliphatic hydroxyl groups excluding tert-OH is 1. The number of aromatic nitrogens is 2. The molecule has 1 atom stereocenters. The molecule has 0 radical (unpaired) electrons. The minimum atomic E-state index is -0.387. The molecule has 0 aliphatic carbocycles. The molecule has 2 heterocycles. The maximum Gasteiger partial charge on any atom is 0.226 e. The second kappa shape index (κ2) is 6.37. The van der Waals surface area contributed by atoms with Gasteiger partial charge in [0.05, 0.1) is 11.5 Å². The van der Waals surface area contributed by atoms with Crippen LogP contribution in [0.1, 0.15) is 25.6 Å². The van der Waals surface area contributed by atoms with Crippen LogP contribution in [-0.2, 0) is 0 Å². The van der Waals surface area contributed by atoms with Crippen molar-refractivity contribution in [1.29, 1.82) is 0 Å². The summed E-state index contributed by atoms with van der Waals surface area (Å²) in [5.74, 6) is 1.63. The number of aliphatic hydroxyl groups is 1. The average molecular weight is 294 g/mol. The van der Waals surface area contributed by atoms with Crippen LogP contribution in [0, 0.1) is 12.8 Å². The van der Waals surface area contributed by atoms with Gasteiger partial charge in [0.15, 0.2) is 0 Å². The third kappa shape index (κ3) is 3.37. The zero-order valence-electron chi connectivity index (χ0n) is 12.4. The van der Waals surface area contributed by atoms with Crippen LogP contribution < -0.4 is 10.6 Å². The Morgan fingerprint density at radius 2 is 2.05 bits per heavy atom. The lowest BCUT2D eigenvalue weighted by atomic mass is 10.1. The predicted molar refractivity (Wildman–Crippen MR) is 85.7 cm³/mol. The van der Waals surface area contributed by atoms with E-state index in [1.165, 1.54) is 4.88 Å². The first kappa shape index (κ1) is 15.0. The van der Waals surface area contributed by atoms with Crippen molar-refractivity contribution in [2.75, 3.05) is 23.7 Å². The molecule has 0 saturated carbocycles. The van der Waals surface area contributed by atoms with Crippen LogP contribution in [0.4, 0.5) is 11.8 Å². The Labute approximate surface area is 123 Å². The van der Waals surface area contributed by atoms with Crippen LogP contribution in [-0.4, -0.2) is 34.3 Å². The van der Waals surface area contributed by atoms with Crippen LogP contribution in [0.5, 0.6) is 0 Å². The predicted octanol–water partition coefficient (Wildman–Crippen LogP) is 2.86. The summed E-state index contributed by atoms with van der Waals surface area (Å²) in [6.45, 7) is 9.35. The molecule has 0 amide bonds. The van der Waals surface area contributed by atoms with Gasteiger partial charge in [-0.25, -0.2) is 4.98 Å². The first-order chi connectivity index (χ1) is 9.51. The maximum absolute atomic E-state index is 9.92. The average Bonchev–Trinajstić information content (AvgIpc) is 2.76. The molecule has 0 aromatic carbocycles. The molecular weight excluding hydrogens is 272 g/mol. The minimum Gasteiger partial charge on any atom is -0.391 e. The summed E-state index contributed by atoms with van der Waals surface area (Å²) in [6.07, 6.45) is -0.387. The van der Waals surface area contributed by atoms with E-state index in [0.29, 0.717) is 12.5 Å². The number of aryl methyl sites for hydroxylation is 1. The van der Waals surface area contributed by atoms with E-state index in [2.05, 4.69) is 33.6 Å². The quantitative estimate of drug-likeness (QED) is 0.764. The molecular formula is C14H22N4OS. The van der Waals surface area contributed by atoms with Gasteiger partial charge in [0.2, 0.25) is 5.95 Å². The number of thiophene rings is 1. The molecule has 0 spiro atoms. The van der Waals surface area contributed by atoms with Gasteiger partial charge in [0.25, 0.3) is 0 Å². The van der Waals surface area contributed by atoms with Gasteiger partial charge in [-0.3, -0.25) is 0 Å². The van der Waals surface area contributed by atoms with E-state index in [1.54, 1.807) is 11.3 Å². The van der Waals surface area contributed by atoms with Gasteiger partial charge in [0.1, 0.15) is 10.6 Å². The van der Waals surface area contributed by atoms with Crippen molar-refractivity contribution in [2.24, 2.45) is 5.92 Å². The largest absolute Gasteiger partial charge is 0.391 e. The number of hydrogen-bond donors (Lipinski definition) is 3. The lowest BCUT2D eigenvalue weighted by molar-refractivity contribution is 0.138. The summed E-state index contributed by atoms with van der Waals surface area (Å²) in [5, 5.41) is 17.3. The molecule has 0 bridgehead atoms. The Hall–Kier alpha value is -1.40. The van der Waals surface area contributed by atoms with Gasteiger partial charge in [-0.1, -0.05) is 13.8 Å². The van der Waals surface area contributed by atoms with Crippen molar-refractivity contribution < 1.29 is 5.11 Å². The second-order valence-electron chi connectivity index (χ2n) is 5.19. The van der Waals surface area contributed by atoms with Crippen LogP contribution in [0.3, 0.4) is 0 Å². The summed E-state index contributed by atoms with van der Waals surface area (Å²) in [6, 6.07) is 2.08. The second-order valence-corrected chi connectivity index (χ2v) is 6.43. The summed E-state index contributed by atoms with van der Waals surface area (Å²) >= 11 is 1.65. The minimum absolute atomic E-state index is 0.220. The Kier molecular flexibility index (Phi) is 4.77. The smallest absolute Gasteiger partial charge is 0.226 e. The molecule has 6 heteroatoms. The van der Waals surface area contributed by atoms with Gasteiger partial charge < -0.3 is 15.7 Å². The first-order valence-corrected chi connectivity index (χ1v) is 7.77. The Bertz CT molecular complexity index is 582. The Balaban J connectivity index is 2.29. The van der Waals surface area contributed by atoms with Gasteiger partial charge >= 0.3 is 0 Å². The lowest BCUT2D eigenvalue weighted by Gasteiger charge is -2.16. The van der Waals surface area contributed by atoms with E-state index in [-0.39, 0.29) is 12.0 Å². The molecule has 0 fully saturated rings. The highest BCUT2D eigenvalue weighted by atomic mass is 32.1. The first-order valence-electron chi connectivity index (χ1n) is 6.95. The number of fused-ring (bicyclic) bond motifs is 1. The van der Waals surface area contributed by atoms with Gasteiger partial charge in [0, 0.05) is 18.0 Å². The van der Waals surface area contributed by atoms with E-state index in [9.17, 15) is 5.11 Å². The van der Waals surface area contributed by atoms with Crippen molar-refractivity contribution in [3.05, 3.63) is 10.9 Å². The summed E-state index contributed by atoms with van der Waals surface area (Å²) in [7, 11) is 0. The van der Waals surface area contributed by atoms with E-state index in [4.69, 9.17) is 0 Å². The summed E-state index contributed by atoms with van der Waals surface area (Å²) in [5.41, 5.74) is 0. The van der Waals surface area contributed by atoms with Gasteiger partial charge in [-0.2, -0.15) is 4.98 Å². The summed E-state index contributed by atoms with van der Waals surface area (Å²) < 4.78 is 0. The fourth-order valence-corrected chi connectivity index (χ4v) is 2.73. The topological polar surface area (TPSA) is 70.1 Å². The zero-order chi connectivity index (χ0) is 14.7. The summed E-state index contributed by atoms with van der Waals surface area (Å²) in [4.78, 5) is 11.2. The van der Waals surface area contributed by atoms with Crippen molar-refractivity contribution in [1.82, 2.24) is 9.97 Å². The van der Waals surface area contributed by atoms with E-state index >= 15 is 0 Å². The van der Waals surface area contributed by atoms with Crippen LogP contribution in [0.15, 0.2) is 6.07 Å². The SMILES string of the molecule is CCNc1nc(NCC(O)C(C)C)c2cc(C)sc2n1. The highest BCUT2D eigenvalue weighted by Gasteiger charge is 2.13. The molecule has 2 aromatic heterocycles. The molecule has 0 aliphatic heterocycles. The number of rotatable bonds is 6. The molecule has 1 unspecified atom stereocenters. The highest BCUT2D eigenvalue weighted by Crippen LogP contribution is 2.29. The normalized spacial score (nSPS) is 12.9. The van der Waals surface area contributed by atoms with Crippen molar-refractivity contribution in [3.63, 3.8) is 0 Å². The fraction of sp³-hybridized carbons (Fsp3) is 0.571. The van der Waals surface area contributed by atoms with Crippen LogP contribution in [0.2, 0.25) is 0 Å². The fourth-order valence-electron chi connectivity index (χ4n) is 1.85. The Morgan fingerprint density at radius 1 is 1.30 bits per heavy atom. The van der Waals surface area contributed by atoms with Gasteiger partial charge in [-0.05, 0) is 25.8 Å². The number of hydrogen-bond acceptors (Lipinski definition) is 6. The van der Waals surface area contributed by atoms with Gasteiger partial charge in [-0.15, -0.1) is 11.3 Å². The molecule has 5 nitrogen and oxygen atoms in total. The molecule has 0 aliphatic rings. The standard InChI is InChI=1S/C14H22N4OS/c1-5-15-14-17-12(16-7-11(19)8(2)3)10-6-9(4)20-13(10)18-14/h6,8,11,19H,5,7H2,1-4H3,(H2,15,16,17,18). The maximum atomic E-state index is 9.92. The number of anilines is 2. The van der Waals surface area contributed by atoms with E-state index in [0.717, 1.165) is 22.6 Å². The molecule has 20 heavy (non-hydrogen) atoms. The number of nitrogens with zero attached hydrogens (tertiary/aromatic N) is 2. The number of nitrogens with one attached hydrogen (secondary N) is 2. The molecule has 110 valence electrons. The van der Waals surface area contributed by atoms with Crippen molar-refractivity contribution in [3.8, 4) is 0 Å². The van der Waals surface area contributed by atoms with E-state index < -0.39 is 0 Å². The highest BCUT2D eigenvalue weighted by molar-refractivity contribution is 7.18. The third-order valence-electron chi connectivity index (χ3n) is 3.10. The lowest BCUT2D eigenvalue weighted by Crippen LogP contribution is -2.25. The third-order valence-corrected chi connectivity index (χ3v) is 4.04. The van der Waals surface area contributed by atoms with E-state index in [1.807, 2.05) is 20.8 Å². The van der Waals surface area contributed by atoms with Crippen LogP contribution >= 0.6 is 11.3 Å². The van der Waals surface area contributed by atoms with Crippen molar-refractivity contribution >= 4 is 33.3 Å². The molecule has 0 saturated heterocycles. The molecule has 2 rings (SSSR count). The monoisotopic (exact) mass is 294 g/mol. The Morgan fingerprint density at radius 3 is 2.70 bits per heavy atom. The van der Waals surface area contributed by atoms with Crippen molar-refractivity contribution in [2.45, 2.75) is 33.8 Å². The molecule has 2 aromatic rings. The molecule has 3 N–H and O–H groups in total.